The molecule has 0 spiro atoms. The monoisotopic (exact) mass is 298 g/mol. The van der Waals surface area contributed by atoms with Crippen LogP contribution < -0.4 is 5.73 Å². The second-order valence-electron chi connectivity index (χ2n) is 5.09. The molecule has 1 fully saturated rings. The van der Waals surface area contributed by atoms with Gasteiger partial charge in [0.25, 0.3) is 0 Å². The minimum Gasteiger partial charge on any atom is -0.319 e. The zero-order valence-electron chi connectivity index (χ0n) is 10.6. The van der Waals surface area contributed by atoms with Gasteiger partial charge < -0.3 is 5.73 Å². The van der Waals surface area contributed by atoms with Crippen LogP contribution in [0.5, 0.6) is 0 Å². The first kappa shape index (κ1) is 13.6. The van der Waals surface area contributed by atoms with Gasteiger partial charge in [-0.1, -0.05) is 18.2 Å². The van der Waals surface area contributed by atoms with E-state index in [-0.39, 0.29) is 5.56 Å². The summed E-state index contributed by atoms with van der Waals surface area (Å²) in [5.41, 5.74) is 5.55. The van der Waals surface area contributed by atoms with Crippen LogP contribution in [0.15, 0.2) is 29.6 Å². The SMILES string of the molecule is NC1(c2nc(-c3ccccc3C(F)(F)F)cs2)CCC1. The van der Waals surface area contributed by atoms with E-state index in [0.717, 1.165) is 30.3 Å². The summed E-state index contributed by atoms with van der Waals surface area (Å²) in [6, 6.07) is 5.50. The lowest BCUT2D eigenvalue weighted by Gasteiger charge is -2.35. The normalized spacial score (nSPS) is 17.8. The number of halogens is 3. The predicted molar refractivity (Wildman–Crippen MR) is 72.3 cm³/mol. The molecule has 0 atom stereocenters. The average molecular weight is 298 g/mol. The summed E-state index contributed by atoms with van der Waals surface area (Å²) in [5.74, 6) is 0. The molecule has 1 aliphatic rings. The number of aromatic nitrogens is 1. The highest BCUT2D eigenvalue weighted by Gasteiger charge is 2.38. The second kappa shape index (κ2) is 4.56. The van der Waals surface area contributed by atoms with Crippen LogP contribution in [0.25, 0.3) is 11.3 Å². The number of nitrogens with two attached hydrogens (primary N) is 1. The van der Waals surface area contributed by atoms with Crippen molar-refractivity contribution >= 4 is 11.3 Å². The molecule has 2 nitrogen and oxygen atoms in total. The van der Waals surface area contributed by atoms with Gasteiger partial charge in [-0.2, -0.15) is 13.2 Å². The summed E-state index contributed by atoms with van der Waals surface area (Å²) in [4.78, 5) is 4.34. The van der Waals surface area contributed by atoms with Gasteiger partial charge in [0.1, 0.15) is 5.01 Å². The fourth-order valence-corrected chi connectivity index (χ4v) is 3.34. The van der Waals surface area contributed by atoms with E-state index in [1.807, 2.05) is 0 Å². The Hall–Kier alpha value is -1.40. The number of hydrogen-bond acceptors (Lipinski definition) is 3. The third-order valence-corrected chi connectivity index (χ3v) is 4.75. The van der Waals surface area contributed by atoms with Crippen LogP contribution in [0.4, 0.5) is 13.2 Å². The van der Waals surface area contributed by atoms with Crippen molar-refractivity contribution in [1.82, 2.24) is 4.98 Å². The maximum absolute atomic E-state index is 13.0. The highest BCUT2D eigenvalue weighted by Crippen LogP contribution is 2.42. The number of thiazole rings is 1. The van der Waals surface area contributed by atoms with E-state index in [1.54, 1.807) is 11.4 Å². The molecule has 0 bridgehead atoms. The average Bonchev–Trinajstić information content (AvgIpc) is 2.84. The lowest BCUT2D eigenvalue weighted by molar-refractivity contribution is -0.137. The van der Waals surface area contributed by atoms with Gasteiger partial charge >= 0.3 is 6.18 Å². The van der Waals surface area contributed by atoms with Gasteiger partial charge in [-0.25, -0.2) is 4.98 Å². The Morgan fingerprint density at radius 3 is 2.50 bits per heavy atom. The molecule has 1 aromatic carbocycles. The Labute approximate surface area is 118 Å². The van der Waals surface area contributed by atoms with Crippen molar-refractivity contribution < 1.29 is 13.2 Å². The fraction of sp³-hybridized carbons (Fsp3) is 0.357. The number of rotatable bonds is 2. The van der Waals surface area contributed by atoms with E-state index in [2.05, 4.69) is 4.98 Å². The van der Waals surface area contributed by atoms with Crippen LogP contribution in [0.2, 0.25) is 0 Å². The Bertz CT molecular complexity index is 629. The third-order valence-electron chi connectivity index (χ3n) is 3.68. The van der Waals surface area contributed by atoms with Gasteiger partial charge in [-0.3, -0.25) is 0 Å². The van der Waals surface area contributed by atoms with Crippen molar-refractivity contribution in [3.05, 3.63) is 40.2 Å². The van der Waals surface area contributed by atoms with Crippen LogP contribution in [-0.4, -0.2) is 4.98 Å². The summed E-state index contributed by atoms with van der Waals surface area (Å²) < 4.78 is 39.0. The van der Waals surface area contributed by atoms with Crippen LogP contribution in [-0.2, 0) is 11.7 Å². The topological polar surface area (TPSA) is 38.9 Å². The Morgan fingerprint density at radius 1 is 1.20 bits per heavy atom. The van der Waals surface area contributed by atoms with Gasteiger partial charge in [-0.15, -0.1) is 11.3 Å². The molecule has 1 heterocycles. The number of hydrogen-bond donors (Lipinski definition) is 1. The molecule has 0 amide bonds. The van der Waals surface area contributed by atoms with Crippen molar-refractivity contribution in [2.45, 2.75) is 31.0 Å². The van der Waals surface area contributed by atoms with Gasteiger partial charge in [-0.05, 0) is 25.3 Å². The summed E-state index contributed by atoms with van der Waals surface area (Å²) in [6.45, 7) is 0. The lowest BCUT2D eigenvalue weighted by Crippen LogP contribution is -2.43. The van der Waals surface area contributed by atoms with Crippen LogP contribution in [0.3, 0.4) is 0 Å². The van der Waals surface area contributed by atoms with E-state index in [9.17, 15) is 13.2 Å². The van der Waals surface area contributed by atoms with Gasteiger partial charge in [0.15, 0.2) is 0 Å². The smallest absolute Gasteiger partial charge is 0.319 e. The molecular formula is C14H13F3N2S. The van der Waals surface area contributed by atoms with Crippen LogP contribution >= 0.6 is 11.3 Å². The Balaban J connectivity index is 2.02. The molecule has 2 N–H and O–H groups in total. The summed E-state index contributed by atoms with van der Waals surface area (Å²) in [6.07, 6.45) is -1.64. The number of benzene rings is 1. The lowest BCUT2D eigenvalue weighted by atomic mass is 9.78. The standard InChI is InChI=1S/C14H13F3N2S/c15-14(16,17)10-5-2-1-4-9(10)11-8-20-12(19-11)13(18)6-3-7-13/h1-2,4-5,8H,3,6-7,18H2. The molecule has 6 heteroatoms. The first-order valence-corrected chi connectivity index (χ1v) is 7.20. The van der Waals surface area contributed by atoms with Crippen molar-refractivity contribution in [2.24, 2.45) is 5.73 Å². The van der Waals surface area contributed by atoms with Crippen molar-refractivity contribution in [2.75, 3.05) is 0 Å². The second-order valence-corrected chi connectivity index (χ2v) is 5.95. The summed E-state index contributed by atoms with van der Waals surface area (Å²) in [7, 11) is 0. The van der Waals surface area contributed by atoms with E-state index < -0.39 is 17.3 Å². The van der Waals surface area contributed by atoms with Crippen molar-refractivity contribution in [3.8, 4) is 11.3 Å². The quantitative estimate of drug-likeness (QED) is 0.904. The highest BCUT2D eigenvalue weighted by atomic mass is 32.1. The minimum atomic E-state index is -4.38. The van der Waals surface area contributed by atoms with Crippen LogP contribution in [0, 0.1) is 0 Å². The van der Waals surface area contributed by atoms with Gasteiger partial charge in [0, 0.05) is 10.9 Å². The molecule has 2 aromatic rings. The first-order valence-electron chi connectivity index (χ1n) is 6.32. The molecule has 106 valence electrons. The summed E-state index contributed by atoms with van der Waals surface area (Å²) in [5, 5.41) is 2.39. The first-order chi connectivity index (χ1) is 9.40. The maximum atomic E-state index is 13.0. The predicted octanol–water partition coefficient (Wildman–Crippen LogP) is 4.17. The molecular weight excluding hydrogens is 285 g/mol. The van der Waals surface area contributed by atoms with Crippen LogP contribution in [0.1, 0.15) is 29.8 Å². The molecule has 1 aliphatic carbocycles. The van der Waals surface area contributed by atoms with E-state index >= 15 is 0 Å². The molecule has 1 saturated carbocycles. The molecule has 0 radical (unpaired) electrons. The summed E-state index contributed by atoms with van der Waals surface area (Å²) >= 11 is 1.34. The Kier molecular flexibility index (Phi) is 3.10. The number of alkyl halides is 3. The van der Waals surface area contributed by atoms with Crippen molar-refractivity contribution in [1.29, 1.82) is 0 Å². The van der Waals surface area contributed by atoms with Gasteiger partial charge in [0.05, 0.1) is 16.8 Å². The molecule has 0 saturated heterocycles. The molecule has 0 aliphatic heterocycles. The van der Waals surface area contributed by atoms with E-state index in [0.29, 0.717) is 5.69 Å². The molecule has 1 aromatic heterocycles. The third kappa shape index (κ3) is 2.23. The van der Waals surface area contributed by atoms with E-state index in [1.165, 1.54) is 23.5 Å². The highest BCUT2D eigenvalue weighted by molar-refractivity contribution is 7.10. The van der Waals surface area contributed by atoms with Crippen molar-refractivity contribution in [3.63, 3.8) is 0 Å². The van der Waals surface area contributed by atoms with Gasteiger partial charge in [0.2, 0.25) is 0 Å². The minimum absolute atomic E-state index is 0.116. The molecule has 20 heavy (non-hydrogen) atoms. The largest absolute Gasteiger partial charge is 0.417 e. The zero-order chi connectivity index (χ0) is 14.4. The molecule has 3 rings (SSSR count). The maximum Gasteiger partial charge on any atom is 0.417 e. The molecule has 0 unspecified atom stereocenters. The zero-order valence-corrected chi connectivity index (χ0v) is 11.4. The Morgan fingerprint density at radius 2 is 1.90 bits per heavy atom. The van der Waals surface area contributed by atoms with E-state index in [4.69, 9.17) is 5.73 Å². The fourth-order valence-electron chi connectivity index (χ4n) is 2.35. The number of nitrogens with zero attached hydrogens (tertiary/aromatic N) is 1.